The van der Waals surface area contributed by atoms with Crippen LogP contribution in [0.15, 0.2) is 42.9 Å². The van der Waals surface area contributed by atoms with E-state index in [-0.39, 0.29) is 5.91 Å². The summed E-state index contributed by atoms with van der Waals surface area (Å²) in [6.45, 7) is 9.99. The SMILES string of the molecule is C=Cc1ccc2c(c1)/C(=C(\CC)Nc1cnn(C(C)C)c1)C(=O)N2. The van der Waals surface area contributed by atoms with Gasteiger partial charge in [-0.2, -0.15) is 5.10 Å². The van der Waals surface area contributed by atoms with Gasteiger partial charge in [0.2, 0.25) is 0 Å². The van der Waals surface area contributed by atoms with E-state index in [9.17, 15) is 4.79 Å². The van der Waals surface area contributed by atoms with Gasteiger partial charge >= 0.3 is 0 Å². The molecule has 1 aliphatic rings. The van der Waals surface area contributed by atoms with Gasteiger partial charge in [0, 0.05) is 29.2 Å². The molecule has 0 saturated heterocycles. The second-order valence-electron chi connectivity index (χ2n) is 6.10. The van der Waals surface area contributed by atoms with Crippen molar-refractivity contribution in [2.45, 2.75) is 33.2 Å². The molecule has 124 valence electrons. The Morgan fingerprint density at radius 2 is 2.25 bits per heavy atom. The molecule has 2 heterocycles. The van der Waals surface area contributed by atoms with E-state index in [0.29, 0.717) is 18.0 Å². The largest absolute Gasteiger partial charge is 0.356 e. The van der Waals surface area contributed by atoms with Crippen molar-refractivity contribution in [2.24, 2.45) is 0 Å². The van der Waals surface area contributed by atoms with Crippen molar-refractivity contribution in [3.63, 3.8) is 0 Å². The van der Waals surface area contributed by atoms with Gasteiger partial charge < -0.3 is 10.6 Å². The van der Waals surface area contributed by atoms with Crippen molar-refractivity contribution in [1.82, 2.24) is 9.78 Å². The summed E-state index contributed by atoms with van der Waals surface area (Å²) in [5.74, 6) is -0.0770. The number of benzene rings is 1. The topological polar surface area (TPSA) is 59.0 Å². The number of rotatable bonds is 5. The normalized spacial score (nSPS) is 15.2. The van der Waals surface area contributed by atoms with Gasteiger partial charge in [0.15, 0.2) is 0 Å². The van der Waals surface area contributed by atoms with Gasteiger partial charge in [-0.05, 0) is 38.0 Å². The van der Waals surface area contributed by atoms with Crippen molar-refractivity contribution in [3.05, 3.63) is 54.0 Å². The fraction of sp³-hybridized carbons (Fsp3) is 0.263. The highest BCUT2D eigenvalue weighted by Crippen LogP contribution is 2.35. The van der Waals surface area contributed by atoms with Crippen LogP contribution in [0.4, 0.5) is 11.4 Å². The van der Waals surface area contributed by atoms with E-state index >= 15 is 0 Å². The Balaban J connectivity index is 2.02. The minimum Gasteiger partial charge on any atom is -0.356 e. The van der Waals surface area contributed by atoms with Crippen LogP contribution < -0.4 is 10.6 Å². The van der Waals surface area contributed by atoms with Crippen molar-refractivity contribution in [1.29, 1.82) is 0 Å². The molecule has 1 aromatic carbocycles. The maximum atomic E-state index is 12.5. The predicted molar refractivity (Wildman–Crippen MR) is 98.6 cm³/mol. The molecule has 0 radical (unpaired) electrons. The molecule has 2 aromatic rings. The standard InChI is InChI=1S/C19H22N4O/c1-5-13-7-8-17-15(9-13)18(19(24)22-17)16(6-2)21-14-10-20-23(11-14)12(3)4/h5,7-12,21H,1,6H2,2-4H3,(H,22,24)/b18-16-. The maximum absolute atomic E-state index is 12.5. The van der Waals surface area contributed by atoms with Gasteiger partial charge in [-0.25, -0.2) is 0 Å². The fourth-order valence-corrected chi connectivity index (χ4v) is 2.80. The number of nitrogens with zero attached hydrogens (tertiary/aromatic N) is 2. The molecule has 5 heteroatoms. The second-order valence-corrected chi connectivity index (χ2v) is 6.10. The number of anilines is 2. The molecular formula is C19H22N4O. The molecule has 0 unspecified atom stereocenters. The molecular weight excluding hydrogens is 300 g/mol. The number of hydrogen-bond acceptors (Lipinski definition) is 3. The first kappa shape index (κ1) is 16.1. The van der Waals surface area contributed by atoms with Crippen molar-refractivity contribution in [2.75, 3.05) is 10.6 Å². The zero-order chi connectivity index (χ0) is 17.3. The fourth-order valence-electron chi connectivity index (χ4n) is 2.80. The lowest BCUT2D eigenvalue weighted by molar-refractivity contribution is -0.110. The van der Waals surface area contributed by atoms with Crippen LogP contribution in [-0.2, 0) is 4.79 Å². The van der Waals surface area contributed by atoms with Crippen molar-refractivity contribution in [3.8, 4) is 0 Å². The van der Waals surface area contributed by atoms with Gasteiger partial charge in [-0.3, -0.25) is 9.48 Å². The summed E-state index contributed by atoms with van der Waals surface area (Å²) >= 11 is 0. The molecule has 5 nitrogen and oxygen atoms in total. The Labute approximate surface area is 142 Å². The number of amides is 1. The van der Waals surface area contributed by atoms with E-state index in [1.54, 1.807) is 12.3 Å². The summed E-state index contributed by atoms with van der Waals surface area (Å²) in [6.07, 6.45) is 6.23. The van der Waals surface area contributed by atoms with Gasteiger partial charge in [-0.15, -0.1) is 0 Å². The molecule has 0 bridgehead atoms. The zero-order valence-corrected chi connectivity index (χ0v) is 14.3. The van der Waals surface area contributed by atoms with E-state index in [1.807, 2.05) is 36.0 Å². The molecule has 3 rings (SSSR count). The lowest BCUT2D eigenvalue weighted by atomic mass is 10.0. The Hall–Kier alpha value is -2.82. The van der Waals surface area contributed by atoms with E-state index in [0.717, 1.165) is 28.2 Å². The van der Waals surface area contributed by atoms with Gasteiger partial charge in [0.25, 0.3) is 5.91 Å². The van der Waals surface area contributed by atoms with E-state index in [4.69, 9.17) is 0 Å². The highest BCUT2D eigenvalue weighted by molar-refractivity contribution is 6.32. The Bertz CT molecular complexity index is 830. The van der Waals surface area contributed by atoms with Crippen LogP contribution >= 0.6 is 0 Å². The Morgan fingerprint density at radius 3 is 2.88 bits per heavy atom. The molecule has 1 aliphatic heterocycles. The highest BCUT2D eigenvalue weighted by Gasteiger charge is 2.27. The molecule has 1 aromatic heterocycles. The van der Waals surface area contributed by atoms with E-state index in [1.165, 1.54) is 0 Å². The van der Waals surface area contributed by atoms with Crippen LogP contribution in [0.3, 0.4) is 0 Å². The molecule has 24 heavy (non-hydrogen) atoms. The van der Waals surface area contributed by atoms with Crippen LogP contribution in [0, 0.1) is 0 Å². The first-order valence-electron chi connectivity index (χ1n) is 8.16. The lowest BCUT2D eigenvalue weighted by Gasteiger charge is -2.11. The van der Waals surface area contributed by atoms with Crippen LogP contribution in [-0.4, -0.2) is 15.7 Å². The summed E-state index contributed by atoms with van der Waals surface area (Å²) in [6, 6.07) is 6.15. The number of fused-ring (bicyclic) bond motifs is 1. The molecule has 0 fully saturated rings. The molecule has 2 N–H and O–H groups in total. The van der Waals surface area contributed by atoms with E-state index in [2.05, 4.69) is 36.2 Å². The molecule has 0 aliphatic carbocycles. The number of carbonyl (C=O) groups is 1. The van der Waals surface area contributed by atoms with Crippen LogP contribution in [0.2, 0.25) is 0 Å². The summed E-state index contributed by atoms with van der Waals surface area (Å²) in [5, 5.41) is 10.6. The number of nitrogens with one attached hydrogen (secondary N) is 2. The molecule has 0 atom stereocenters. The Kier molecular flexibility index (Phi) is 4.25. The highest BCUT2D eigenvalue weighted by atomic mass is 16.2. The first-order valence-corrected chi connectivity index (χ1v) is 8.16. The molecule has 0 spiro atoms. The summed E-state index contributed by atoms with van der Waals surface area (Å²) in [5.41, 5.74) is 5.20. The maximum Gasteiger partial charge on any atom is 0.258 e. The number of allylic oxidation sites excluding steroid dienone is 1. The average molecular weight is 322 g/mol. The van der Waals surface area contributed by atoms with Crippen molar-refractivity contribution >= 4 is 28.9 Å². The summed E-state index contributed by atoms with van der Waals surface area (Å²) in [7, 11) is 0. The molecule has 0 saturated carbocycles. The quantitative estimate of drug-likeness (QED) is 0.807. The predicted octanol–water partition coefficient (Wildman–Crippen LogP) is 4.29. The van der Waals surface area contributed by atoms with Crippen LogP contribution in [0.25, 0.3) is 11.6 Å². The van der Waals surface area contributed by atoms with Gasteiger partial charge in [0.05, 0.1) is 17.5 Å². The average Bonchev–Trinajstić information content (AvgIpc) is 3.16. The minimum atomic E-state index is -0.0770. The van der Waals surface area contributed by atoms with Crippen LogP contribution in [0.1, 0.15) is 44.4 Å². The lowest BCUT2D eigenvalue weighted by Crippen LogP contribution is -2.10. The second kappa shape index (κ2) is 6.35. The number of aromatic nitrogens is 2. The number of hydrogen-bond donors (Lipinski definition) is 2. The van der Waals surface area contributed by atoms with Gasteiger partial charge in [0.1, 0.15) is 0 Å². The van der Waals surface area contributed by atoms with Gasteiger partial charge in [-0.1, -0.05) is 25.6 Å². The Morgan fingerprint density at radius 1 is 1.46 bits per heavy atom. The zero-order valence-electron chi connectivity index (χ0n) is 14.3. The summed E-state index contributed by atoms with van der Waals surface area (Å²) in [4.78, 5) is 12.5. The van der Waals surface area contributed by atoms with Crippen molar-refractivity contribution < 1.29 is 4.79 Å². The summed E-state index contributed by atoms with van der Waals surface area (Å²) < 4.78 is 1.89. The third kappa shape index (κ3) is 2.85. The molecule has 1 amide bonds. The number of carbonyl (C=O) groups excluding carboxylic acids is 1. The third-order valence-corrected chi connectivity index (χ3v) is 4.11. The monoisotopic (exact) mass is 322 g/mol. The minimum absolute atomic E-state index is 0.0770. The first-order chi connectivity index (χ1) is 11.5. The third-order valence-electron chi connectivity index (χ3n) is 4.11. The van der Waals surface area contributed by atoms with Crippen LogP contribution in [0.5, 0.6) is 0 Å². The smallest absolute Gasteiger partial charge is 0.258 e. The van der Waals surface area contributed by atoms with E-state index < -0.39 is 0 Å².